The van der Waals surface area contributed by atoms with Crippen LogP contribution in [0.4, 0.5) is 17.1 Å². The van der Waals surface area contributed by atoms with Gasteiger partial charge in [-0.05, 0) is 80.9 Å². The molecule has 1 heterocycles. The van der Waals surface area contributed by atoms with Crippen molar-refractivity contribution in [2.24, 2.45) is 0 Å². The van der Waals surface area contributed by atoms with Crippen molar-refractivity contribution in [3.8, 4) is 32.7 Å². The molecular weight excluding hydrogens is 599 g/mol. The van der Waals surface area contributed by atoms with Crippen LogP contribution in [0.2, 0.25) is 0 Å². The van der Waals surface area contributed by atoms with E-state index in [-0.39, 0.29) is 0 Å². The van der Waals surface area contributed by atoms with E-state index >= 15 is 0 Å². The average Bonchev–Trinajstić information content (AvgIpc) is 3.58. The van der Waals surface area contributed by atoms with Crippen LogP contribution in [0.5, 0.6) is 0 Å². The van der Waals surface area contributed by atoms with Gasteiger partial charge in [0.1, 0.15) is 0 Å². The molecule has 0 N–H and O–H groups in total. The van der Waals surface area contributed by atoms with Gasteiger partial charge in [-0.3, -0.25) is 0 Å². The molecule has 48 heavy (non-hydrogen) atoms. The second-order valence-corrected chi connectivity index (χ2v) is 13.1. The Kier molecular flexibility index (Phi) is 7.07. The quantitative estimate of drug-likeness (QED) is 0.165. The Morgan fingerprint density at radius 1 is 0.333 bits per heavy atom. The first-order chi connectivity index (χ1) is 23.8. The van der Waals surface area contributed by atoms with E-state index in [1.165, 1.54) is 64.3 Å². The van der Waals surface area contributed by atoms with Crippen molar-refractivity contribution in [3.63, 3.8) is 0 Å². The first kappa shape index (κ1) is 28.3. The summed E-state index contributed by atoms with van der Waals surface area (Å²) in [5, 5.41) is 6.51. The lowest BCUT2D eigenvalue weighted by molar-refractivity contribution is 1.28. The maximum Gasteiger partial charge on any atom is 0.0462 e. The molecule has 0 saturated heterocycles. The molecule has 0 aliphatic rings. The van der Waals surface area contributed by atoms with Crippen LogP contribution >= 0.6 is 11.3 Å². The zero-order valence-corrected chi connectivity index (χ0v) is 27.1. The molecule has 0 saturated carbocycles. The first-order valence-electron chi connectivity index (χ1n) is 16.4. The lowest BCUT2D eigenvalue weighted by atomic mass is 9.90. The summed E-state index contributed by atoms with van der Waals surface area (Å²) < 4.78 is 1.34. The van der Waals surface area contributed by atoms with Gasteiger partial charge >= 0.3 is 0 Å². The second-order valence-electron chi connectivity index (χ2n) is 12.1. The van der Waals surface area contributed by atoms with Gasteiger partial charge in [0, 0.05) is 43.0 Å². The van der Waals surface area contributed by atoms with Crippen LogP contribution in [0, 0.1) is 0 Å². The van der Waals surface area contributed by atoms with Crippen LogP contribution in [0.1, 0.15) is 0 Å². The van der Waals surface area contributed by atoms with Crippen molar-refractivity contribution >= 4 is 60.0 Å². The fraction of sp³-hybridized carbons (Fsp3) is 0. The summed E-state index contributed by atoms with van der Waals surface area (Å²) in [4.78, 5) is 3.62. The number of thiophene rings is 1. The van der Waals surface area contributed by atoms with Crippen LogP contribution in [-0.4, -0.2) is 0 Å². The predicted molar refractivity (Wildman–Crippen MR) is 208 cm³/mol. The van der Waals surface area contributed by atoms with Gasteiger partial charge in [0.2, 0.25) is 0 Å². The van der Waals surface area contributed by atoms with Gasteiger partial charge in [-0.25, -0.2) is 0 Å². The van der Waals surface area contributed by atoms with Crippen molar-refractivity contribution in [1.29, 1.82) is 0 Å². The fourth-order valence-electron chi connectivity index (χ4n) is 7.04. The number of hydrogen-bond donors (Lipinski definition) is 0. The van der Waals surface area contributed by atoms with E-state index in [1.54, 1.807) is 0 Å². The van der Waals surface area contributed by atoms with Crippen molar-refractivity contribution in [3.05, 3.63) is 188 Å². The van der Waals surface area contributed by atoms with Crippen LogP contribution in [0.25, 0.3) is 64.3 Å². The molecule has 0 unspecified atom stereocenters. The standard InChI is InChI=1S/C46H31NS/c1-5-15-33(16-6-1)43-44-42-31-35(32-25-28-38(29-26-32)47(36-19-9-3-10-20-36)37-21-11-4-12-22-37)27-30-40(42)39-23-13-14-24-41(39)46(44)48-45(43)34-17-7-2-8-18-34/h1-31H. The van der Waals surface area contributed by atoms with E-state index in [0.717, 1.165) is 17.1 Å². The molecule has 0 aliphatic carbocycles. The minimum Gasteiger partial charge on any atom is -0.311 e. The Labute approximate surface area is 284 Å². The number of hydrogen-bond acceptors (Lipinski definition) is 2. The molecule has 9 rings (SSSR count). The molecular formula is C46H31NS. The summed E-state index contributed by atoms with van der Waals surface area (Å²) in [5.41, 5.74) is 9.62. The van der Waals surface area contributed by atoms with E-state index in [9.17, 15) is 0 Å². The van der Waals surface area contributed by atoms with E-state index in [1.807, 2.05) is 11.3 Å². The van der Waals surface area contributed by atoms with E-state index in [4.69, 9.17) is 0 Å². The number of rotatable bonds is 6. The predicted octanol–water partition coefficient (Wildman–Crippen LogP) is 13.7. The third-order valence-corrected chi connectivity index (χ3v) is 10.5. The van der Waals surface area contributed by atoms with Gasteiger partial charge in [-0.2, -0.15) is 0 Å². The molecule has 226 valence electrons. The molecule has 0 aliphatic heterocycles. The molecule has 2 heteroatoms. The third-order valence-electron chi connectivity index (χ3n) is 9.25. The molecule has 9 aromatic rings. The Balaban J connectivity index is 1.26. The highest BCUT2D eigenvalue weighted by molar-refractivity contribution is 7.24. The van der Waals surface area contributed by atoms with Gasteiger partial charge in [0.25, 0.3) is 0 Å². The van der Waals surface area contributed by atoms with Crippen LogP contribution in [0.3, 0.4) is 0 Å². The normalized spacial score (nSPS) is 11.3. The molecule has 0 amide bonds. The Morgan fingerprint density at radius 2 is 0.812 bits per heavy atom. The van der Waals surface area contributed by atoms with Crippen molar-refractivity contribution in [2.45, 2.75) is 0 Å². The highest BCUT2D eigenvalue weighted by atomic mass is 32.1. The molecule has 0 atom stereocenters. The number of nitrogens with zero attached hydrogens (tertiary/aromatic N) is 1. The Morgan fingerprint density at radius 3 is 1.44 bits per heavy atom. The fourth-order valence-corrected chi connectivity index (χ4v) is 8.42. The SMILES string of the molecule is c1ccc(-c2sc3c4ccccc4c4ccc(-c5ccc(N(c6ccccc6)c6ccccc6)cc5)cc4c3c2-c2ccccc2)cc1. The van der Waals surface area contributed by atoms with E-state index < -0.39 is 0 Å². The zero-order chi connectivity index (χ0) is 31.9. The summed E-state index contributed by atoms with van der Waals surface area (Å²) in [5.74, 6) is 0. The number of para-hydroxylation sites is 2. The van der Waals surface area contributed by atoms with Gasteiger partial charge in [-0.15, -0.1) is 11.3 Å². The molecule has 0 bridgehead atoms. The maximum absolute atomic E-state index is 2.42. The minimum absolute atomic E-state index is 1.13. The molecule has 8 aromatic carbocycles. The van der Waals surface area contributed by atoms with Gasteiger partial charge in [0.15, 0.2) is 0 Å². The summed E-state index contributed by atoms with van der Waals surface area (Å²) in [7, 11) is 0. The maximum atomic E-state index is 2.42. The van der Waals surface area contributed by atoms with E-state index in [2.05, 4.69) is 193 Å². The lowest BCUT2D eigenvalue weighted by Crippen LogP contribution is -2.09. The average molecular weight is 630 g/mol. The van der Waals surface area contributed by atoms with Crippen molar-refractivity contribution < 1.29 is 0 Å². The van der Waals surface area contributed by atoms with Crippen LogP contribution in [-0.2, 0) is 0 Å². The number of fused-ring (bicyclic) bond motifs is 6. The van der Waals surface area contributed by atoms with Gasteiger partial charge in [-0.1, -0.05) is 146 Å². The molecule has 0 spiro atoms. The van der Waals surface area contributed by atoms with Crippen LogP contribution < -0.4 is 4.90 Å². The van der Waals surface area contributed by atoms with Crippen molar-refractivity contribution in [2.75, 3.05) is 4.90 Å². The Bertz CT molecular complexity index is 2480. The topological polar surface area (TPSA) is 3.24 Å². The molecule has 1 nitrogen and oxygen atoms in total. The molecule has 0 fully saturated rings. The van der Waals surface area contributed by atoms with Crippen LogP contribution in [0.15, 0.2) is 188 Å². The van der Waals surface area contributed by atoms with E-state index in [0.29, 0.717) is 0 Å². The lowest BCUT2D eigenvalue weighted by Gasteiger charge is -2.25. The highest BCUT2D eigenvalue weighted by Crippen LogP contribution is 2.51. The second kappa shape index (κ2) is 12.0. The highest BCUT2D eigenvalue weighted by Gasteiger charge is 2.21. The van der Waals surface area contributed by atoms with Gasteiger partial charge < -0.3 is 4.90 Å². The summed E-state index contributed by atoms with van der Waals surface area (Å²) >= 11 is 1.91. The Hall–Kier alpha value is -5.96. The molecule has 1 aromatic heterocycles. The van der Waals surface area contributed by atoms with Crippen molar-refractivity contribution in [1.82, 2.24) is 0 Å². The monoisotopic (exact) mass is 629 g/mol. The summed E-state index contributed by atoms with van der Waals surface area (Å²) in [6.07, 6.45) is 0. The summed E-state index contributed by atoms with van der Waals surface area (Å²) in [6, 6.07) is 67.8. The first-order valence-corrected chi connectivity index (χ1v) is 17.2. The number of anilines is 3. The smallest absolute Gasteiger partial charge is 0.0462 e. The molecule has 0 radical (unpaired) electrons. The third kappa shape index (κ3) is 4.86. The zero-order valence-electron chi connectivity index (χ0n) is 26.3. The minimum atomic E-state index is 1.13. The number of benzene rings is 8. The summed E-state index contributed by atoms with van der Waals surface area (Å²) in [6.45, 7) is 0. The van der Waals surface area contributed by atoms with Gasteiger partial charge in [0.05, 0.1) is 0 Å². The largest absolute Gasteiger partial charge is 0.311 e.